The highest BCUT2D eigenvalue weighted by Crippen LogP contribution is 2.37. The molecule has 2 aromatic rings. The first-order valence-corrected chi connectivity index (χ1v) is 6.27. The van der Waals surface area contributed by atoms with Crippen LogP contribution in [0.4, 0.5) is 0 Å². The Morgan fingerprint density at radius 2 is 1.69 bits per heavy atom. The van der Waals surface area contributed by atoms with E-state index in [-0.39, 0.29) is 0 Å². The minimum atomic E-state index is 0.407. The summed E-state index contributed by atoms with van der Waals surface area (Å²) in [5, 5.41) is 12.1. The van der Waals surface area contributed by atoms with Gasteiger partial charge in [-0.25, -0.2) is 0 Å². The van der Waals surface area contributed by atoms with Gasteiger partial charge in [-0.1, -0.05) is 34.8 Å². The summed E-state index contributed by atoms with van der Waals surface area (Å²) in [7, 11) is 0. The second-order valence-corrected chi connectivity index (χ2v) is 5.16. The van der Waals surface area contributed by atoms with Crippen molar-refractivity contribution in [1.29, 1.82) is 5.26 Å². The maximum atomic E-state index is 8.94. The molecular weight excluding hydrogens is 285 g/mol. The Kier molecular flexibility index (Phi) is 3.41. The lowest BCUT2D eigenvalue weighted by atomic mass is 10.1. The van der Waals surface area contributed by atoms with E-state index >= 15 is 0 Å². The minimum absolute atomic E-state index is 0.407. The second-order valence-electron chi connectivity index (χ2n) is 3.02. The van der Waals surface area contributed by atoms with Gasteiger partial charge < -0.3 is 0 Å². The van der Waals surface area contributed by atoms with Gasteiger partial charge in [0.15, 0.2) is 0 Å². The zero-order valence-corrected chi connectivity index (χ0v) is 10.9. The first-order chi connectivity index (χ1) is 7.63. The van der Waals surface area contributed by atoms with Crippen molar-refractivity contribution in [2.24, 2.45) is 0 Å². The van der Waals surface area contributed by atoms with Crippen LogP contribution in [-0.4, -0.2) is 0 Å². The van der Waals surface area contributed by atoms with Gasteiger partial charge in [-0.2, -0.15) is 5.26 Å². The fourth-order valence-electron chi connectivity index (χ4n) is 1.34. The molecule has 0 radical (unpaired) electrons. The predicted molar refractivity (Wildman–Crippen MR) is 69.5 cm³/mol. The van der Waals surface area contributed by atoms with Crippen LogP contribution in [0.2, 0.25) is 15.1 Å². The summed E-state index contributed by atoms with van der Waals surface area (Å²) >= 11 is 19.2. The van der Waals surface area contributed by atoms with Crippen LogP contribution in [0, 0.1) is 11.3 Å². The molecule has 0 spiro atoms. The lowest BCUT2D eigenvalue weighted by Crippen LogP contribution is -1.81. The monoisotopic (exact) mass is 287 g/mol. The van der Waals surface area contributed by atoms with Gasteiger partial charge in [0.05, 0.1) is 15.1 Å². The quantitative estimate of drug-likeness (QED) is 0.658. The summed E-state index contributed by atoms with van der Waals surface area (Å²) in [5.41, 5.74) is 1.52. The number of halogens is 3. The number of nitriles is 1. The zero-order chi connectivity index (χ0) is 11.7. The van der Waals surface area contributed by atoms with Gasteiger partial charge in [0.1, 0.15) is 10.9 Å². The van der Waals surface area contributed by atoms with Gasteiger partial charge in [0, 0.05) is 11.1 Å². The normalized spacial score (nSPS) is 10.1. The SMILES string of the molecule is N#Cc1sccc1-c1cc(Cl)c(Cl)cc1Cl. The highest BCUT2D eigenvalue weighted by atomic mass is 35.5. The summed E-state index contributed by atoms with van der Waals surface area (Å²) in [6.45, 7) is 0. The Bertz CT molecular complexity index is 583. The third-order valence-electron chi connectivity index (χ3n) is 2.07. The van der Waals surface area contributed by atoms with Gasteiger partial charge in [0.2, 0.25) is 0 Å². The fraction of sp³-hybridized carbons (Fsp3) is 0. The van der Waals surface area contributed by atoms with E-state index in [9.17, 15) is 0 Å². The number of hydrogen-bond acceptors (Lipinski definition) is 2. The van der Waals surface area contributed by atoms with Gasteiger partial charge in [-0.05, 0) is 23.6 Å². The van der Waals surface area contributed by atoms with E-state index in [0.717, 1.165) is 11.1 Å². The molecule has 0 aliphatic carbocycles. The van der Waals surface area contributed by atoms with Crippen LogP contribution in [0.1, 0.15) is 4.88 Å². The lowest BCUT2D eigenvalue weighted by molar-refractivity contribution is 1.52. The molecular formula is C11H4Cl3NS. The number of hydrogen-bond donors (Lipinski definition) is 0. The van der Waals surface area contributed by atoms with Gasteiger partial charge in [-0.15, -0.1) is 11.3 Å². The third-order valence-corrected chi connectivity index (χ3v) is 3.92. The van der Waals surface area contributed by atoms with Crippen molar-refractivity contribution in [3.63, 3.8) is 0 Å². The van der Waals surface area contributed by atoms with Crippen molar-refractivity contribution in [2.45, 2.75) is 0 Å². The molecule has 0 bridgehead atoms. The summed E-state index contributed by atoms with van der Waals surface area (Å²) in [5.74, 6) is 0. The minimum Gasteiger partial charge on any atom is -0.192 e. The van der Waals surface area contributed by atoms with Crippen LogP contribution in [0.25, 0.3) is 11.1 Å². The first-order valence-electron chi connectivity index (χ1n) is 4.26. The molecule has 0 fully saturated rings. The van der Waals surface area contributed by atoms with E-state index in [1.165, 1.54) is 11.3 Å². The van der Waals surface area contributed by atoms with E-state index in [1.54, 1.807) is 12.1 Å². The molecule has 0 saturated heterocycles. The number of nitrogens with zero attached hydrogens (tertiary/aromatic N) is 1. The van der Waals surface area contributed by atoms with Crippen molar-refractivity contribution < 1.29 is 0 Å². The highest BCUT2D eigenvalue weighted by molar-refractivity contribution is 7.11. The highest BCUT2D eigenvalue weighted by Gasteiger charge is 2.12. The largest absolute Gasteiger partial charge is 0.192 e. The van der Waals surface area contributed by atoms with Gasteiger partial charge in [-0.3, -0.25) is 0 Å². The maximum Gasteiger partial charge on any atom is 0.112 e. The molecule has 1 aromatic heterocycles. The molecule has 1 heterocycles. The molecule has 1 nitrogen and oxygen atoms in total. The van der Waals surface area contributed by atoms with Gasteiger partial charge >= 0.3 is 0 Å². The van der Waals surface area contributed by atoms with Crippen molar-refractivity contribution in [3.05, 3.63) is 43.5 Å². The molecule has 16 heavy (non-hydrogen) atoms. The Balaban J connectivity index is 2.66. The number of benzene rings is 1. The van der Waals surface area contributed by atoms with Crippen LogP contribution in [0.15, 0.2) is 23.6 Å². The molecule has 0 atom stereocenters. The van der Waals surface area contributed by atoms with Crippen LogP contribution < -0.4 is 0 Å². The number of rotatable bonds is 1. The van der Waals surface area contributed by atoms with Crippen molar-refractivity contribution in [2.75, 3.05) is 0 Å². The maximum absolute atomic E-state index is 8.94. The van der Waals surface area contributed by atoms with E-state index in [4.69, 9.17) is 40.1 Å². The Morgan fingerprint density at radius 1 is 1.00 bits per heavy atom. The van der Waals surface area contributed by atoms with Crippen LogP contribution >= 0.6 is 46.1 Å². The van der Waals surface area contributed by atoms with E-state index in [0.29, 0.717) is 19.9 Å². The summed E-state index contributed by atoms with van der Waals surface area (Å²) < 4.78 is 0. The van der Waals surface area contributed by atoms with Crippen molar-refractivity contribution in [3.8, 4) is 17.2 Å². The molecule has 0 amide bonds. The molecule has 0 N–H and O–H groups in total. The van der Waals surface area contributed by atoms with Crippen molar-refractivity contribution in [1.82, 2.24) is 0 Å². The molecule has 0 aliphatic heterocycles. The second kappa shape index (κ2) is 4.65. The van der Waals surface area contributed by atoms with Crippen LogP contribution in [-0.2, 0) is 0 Å². The molecule has 1 aromatic carbocycles. The smallest absolute Gasteiger partial charge is 0.112 e. The zero-order valence-electron chi connectivity index (χ0n) is 7.80. The molecule has 2 rings (SSSR count). The first kappa shape index (κ1) is 11.8. The Labute approximate surface area is 112 Å². The molecule has 5 heteroatoms. The fourth-order valence-corrected chi connectivity index (χ4v) is 2.68. The molecule has 80 valence electrons. The Morgan fingerprint density at radius 3 is 2.38 bits per heavy atom. The van der Waals surface area contributed by atoms with E-state index in [2.05, 4.69) is 6.07 Å². The topological polar surface area (TPSA) is 23.8 Å². The summed E-state index contributed by atoms with van der Waals surface area (Å²) in [6, 6.07) is 7.22. The average molecular weight is 289 g/mol. The summed E-state index contributed by atoms with van der Waals surface area (Å²) in [6.07, 6.45) is 0. The average Bonchev–Trinajstić information content (AvgIpc) is 2.71. The third kappa shape index (κ3) is 2.05. The number of thiophene rings is 1. The Hall–Kier alpha value is -0.720. The molecule has 0 aliphatic rings. The molecule has 0 saturated carbocycles. The standard InChI is InChI=1S/C11H4Cl3NS/c12-8-4-10(14)9(13)3-7(8)6-1-2-16-11(6)5-15/h1-4H. The van der Waals surface area contributed by atoms with Crippen molar-refractivity contribution >= 4 is 46.1 Å². The van der Waals surface area contributed by atoms with Gasteiger partial charge in [0.25, 0.3) is 0 Å². The lowest BCUT2D eigenvalue weighted by Gasteiger charge is -2.05. The van der Waals surface area contributed by atoms with Crippen LogP contribution in [0.5, 0.6) is 0 Å². The predicted octanol–water partition coefficient (Wildman–Crippen LogP) is 5.25. The van der Waals surface area contributed by atoms with Crippen LogP contribution in [0.3, 0.4) is 0 Å². The van der Waals surface area contributed by atoms with E-state index in [1.807, 2.05) is 11.4 Å². The molecule has 0 unspecified atom stereocenters. The van der Waals surface area contributed by atoms with E-state index < -0.39 is 0 Å². The summed E-state index contributed by atoms with van der Waals surface area (Å²) in [4.78, 5) is 0.611.